The van der Waals surface area contributed by atoms with Gasteiger partial charge >= 0.3 is 0 Å². The van der Waals surface area contributed by atoms with E-state index in [0.717, 1.165) is 5.56 Å². The summed E-state index contributed by atoms with van der Waals surface area (Å²) in [4.78, 5) is 12.2. The van der Waals surface area contributed by atoms with E-state index < -0.39 is 6.04 Å². The number of benzene rings is 2. The van der Waals surface area contributed by atoms with Crippen LogP contribution in [0.25, 0.3) is 0 Å². The molecule has 0 heterocycles. The van der Waals surface area contributed by atoms with Crippen LogP contribution in [0.5, 0.6) is 5.75 Å². The summed E-state index contributed by atoms with van der Waals surface area (Å²) in [5.41, 5.74) is 1.37. The molecule has 2 aromatic rings. The van der Waals surface area contributed by atoms with Crippen molar-refractivity contribution in [3.63, 3.8) is 0 Å². The van der Waals surface area contributed by atoms with Crippen LogP contribution in [0.15, 0.2) is 54.6 Å². The average molecular weight is 271 g/mol. The lowest BCUT2D eigenvalue weighted by molar-refractivity contribution is 0.0916. The van der Waals surface area contributed by atoms with Crippen LogP contribution in [-0.4, -0.2) is 24.7 Å². The molecule has 1 amide bonds. The smallest absolute Gasteiger partial charge is 0.251 e. The Morgan fingerprint density at radius 1 is 1.20 bits per heavy atom. The summed E-state index contributed by atoms with van der Waals surface area (Å²) in [7, 11) is 1.55. The zero-order valence-electron chi connectivity index (χ0n) is 11.2. The first-order chi connectivity index (χ1) is 9.74. The van der Waals surface area contributed by atoms with Gasteiger partial charge < -0.3 is 15.2 Å². The largest absolute Gasteiger partial charge is 0.497 e. The molecule has 2 aromatic carbocycles. The number of amides is 1. The highest BCUT2D eigenvalue weighted by Crippen LogP contribution is 2.15. The van der Waals surface area contributed by atoms with Gasteiger partial charge in [-0.25, -0.2) is 0 Å². The van der Waals surface area contributed by atoms with E-state index >= 15 is 0 Å². The minimum atomic E-state index is -0.421. The summed E-state index contributed by atoms with van der Waals surface area (Å²) in [5.74, 6) is 0.379. The zero-order valence-corrected chi connectivity index (χ0v) is 11.2. The van der Waals surface area contributed by atoms with Crippen LogP contribution >= 0.6 is 0 Å². The Balaban J connectivity index is 2.13. The molecule has 1 atom stereocenters. The molecule has 0 bridgehead atoms. The third-order valence-corrected chi connectivity index (χ3v) is 3.02. The van der Waals surface area contributed by atoms with E-state index in [1.165, 1.54) is 0 Å². The summed E-state index contributed by atoms with van der Waals surface area (Å²) < 4.78 is 5.09. The Labute approximate surface area is 118 Å². The van der Waals surface area contributed by atoms with Crippen LogP contribution in [0.4, 0.5) is 0 Å². The number of ether oxygens (including phenoxy) is 1. The van der Waals surface area contributed by atoms with Gasteiger partial charge in [0.25, 0.3) is 5.91 Å². The lowest BCUT2D eigenvalue weighted by Crippen LogP contribution is -2.30. The Morgan fingerprint density at radius 3 is 2.60 bits per heavy atom. The van der Waals surface area contributed by atoms with Crippen LogP contribution in [0, 0.1) is 0 Å². The van der Waals surface area contributed by atoms with Crippen molar-refractivity contribution in [2.24, 2.45) is 0 Å². The SMILES string of the molecule is COc1cccc(C(=O)NC(CO)c2ccccc2)c1. The van der Waals surface area contributed by atoms with Crippen LogP contribution in [0.1, 0.15) is 22.0 Å². The van der Waals surface area contributed by atoms with E-state index in [-0.39, 0.29) is 12.5 Å². The monoisotopic (exact) mass is 271 g/mol. The van der Waals surface area contributed by atoms with Gasteiger partial charge in [0.15, 0.2) is 0 Å². The van der Waals surface area contributed by atoms with Crippen LogP contribution in [-0.2, 0) is 0 Å². The third-order valence-electron chi connectivity index (χ3n) is 3.02. The molecule has 0 fully saturated rings. The molecule has 0 aromatic heterocycles. The first-order valence-corrected chi connectivity index (χ1v) is 6.35. The van der Waals surface area contributed by atoms with Gasteiger partial charge in [-0.05, 0) is 23.8 Å². The molecule has 2 N–H and O–H groups in total. The van der Waals surface area contributed by atoms with E-state index in [2.05, 4.69) is 5.32 Å². The highest BCUT2D eigenvalue weighted by Gasteiger charge is 2.14. The molecule has 1 unspecified atom stereocenters. The maximum atomic E-state index is 12.2. The Morgan fingerprint density at radius 2 is 1.95 bits per heavy atom. The maximum absolute atomic E-state index is 12.2. The van der Waals surface area contributed by atoms with Gasteiger partial charge in [0.1, 0.15) is 5.75 Å². The standard InChI is InChI=1S/C16H17NO3/c1-20-14-9-5-8-13(10-14)16(19)17-15(11-18)12-6-3-2-4-7-12/h2-10,15,18H,11H2,1H3,(H,17,19). The molecular formula is C16H17NO3. The molecule has 0 aliphatic heterocycles. The van der Waals surface area contributed by atoms with Crippen LogP contribution < -0.4 is 10.1 Å². The molecule has 0 saturated carbocycles. The Hall–Kier alpha value is -2.33. The molecule has 104 valence electrons. The van der Waals surface area contributed by atoms with E-state index in [1.54, 1.807) is 31.4 Å². The zero-order chi connectivity index (χ0) is 14.4. The molecule has 0 radical (unpaired) electrons. The van der Waals surface area contributed by atoms with Crippen molar-refractivity contribution >= 4 is 5.91 Å². The highest BCUT2D eigenvalue weighted by molar-refractivity contribution is 5.94. The number of rotatable bonds is 5. The van der Waals surface area contributed by atoms with Crippen molar-refractivity contribution in [3.05, 3.63) is 65.7 Å². The maximum Gasteiger partial charge on any atom is 0.251 e. The molecule has 20 heavy (non-hydrogen) atoms. The molecule has 0 spiro atoms. The second-order valence-corrected chi connectivity index (χ2v) is 4.35. The molecule has 0 aliphatic rings. The quantitative estimate of drug-likeness (QED) is 0.876. The molecule has 0 saturated heterocycles. The van der Waals surface area contributed by atoms with Crippen molar-refractivity contribution in [1.29, 1.82) is 0 Å². The fourth-order valence-corrected chi connectivity index (χ4v) is 1.93. The minimum Gasteiger partial charge on any atom is -0.497 e. The number of carbonyl (C=O) groups is 1. The van der Waals surface area contributed by atoms with E-state index in [1.807, 2.05) is 30.3 Å². The first-order valence-electron chi connectivity index (χ1n) is 6.35. The fraction of sp³-hybridized carbons (Fsp3) is 0.188. The van der Waals surface area contributed by atoms with E-state index in [0.29, 0.717) is 11.3 Å². The normalized spacial score (nSPS) is 11.7. The average Bonchev–Trinajstić information content (AvgIpc) is 2.53. The van der Waals surface area contributed by atoms with Gasteiger partial charge in [-0.3, -0.25) is 4.79 Å². The van der Waals surface area contributed by atoms with Gasteiger partial charge in [-0.15, -0.1) is 0 Å². The van der Waals surface area contributed by atoms with Crippen molar-refractivity contribution in [2.75, 3.05) is 13.7 Å². The number of nitrogens with one attached hydrogen (secondary N) is 1. The molecule has 4 heteroatoms. The predicted molar refractivity (Wildman–Crippen MR) is 76.7 cm³/mol. The fourth-order valence-electron chi connectivity index (χ4n) is 1.93. The Kier molecular flexibility index (Phi) is 4.74. The lowest BCUT2D eigenvalue weighted by atomic mass is 10.1. The molecule has 4 nitrogen and oxygen atoms in total. The topological polar surface area (TPSA) is 58.6 Å². The number of carbonyl (C=O) groups excluding carboxylic acids is 1. The summed E-state index contributed by atoms with van der Waals surface area (Å²) in [6.07, 6.45) is 0. The van der Waals surface area contributed by atoms with E-state index in [4.69, 9.17) is 4.74 Å². The first kappa shape index (κ1) is 14.1. The number of aliphatic hydroxyl groups excluding tert-OH is 1. The predicted octanol–water partition coefficient (Wildman–Crippen LogP) is 2.16. The van der Waals surface area contributed by atoms with Gasteiger partial charge in [0, 0.05) is 5.56 Å². The lowest BCUT2D eigenvalue weighted by Gasteiger charge is -2.17. The Bertz CT molecular complexity index is 569. The van der Waals surface area contributed by atoms with E-state index in [9.17, 15) is 9.90 Å². The van der Waals surface area contributed by atoms with Crippen molar-refractivity contribution in [2.45, 2.75) is 6.04 Å². The number of aliphatic hydroxyl groups is 1. The number of methoxy groups -OCH3 is 1. The minimum absolute atomic E-state index is 0.153. The summed E-state index contributed by atoms with van der Waals surface area (Å²) in [6.45, 7) is -0.153. The van der Waals surface area contributed by atoms with Crippen molar-refractivity contribution in [3.8, 4) is 5.75 Å². The molecule has 0 aliphatic carbocycles. The third kappa shape index (κ3) is 3.36. The number of hydrogen-bond acceptors (Lipinski definition) is 3. The van der Waals surface area contributed by atoms with Crippen LogP contribution in [0.3, 0.4) is 0 Å². The summed E-state index contributed by atoms with van der Waals surface area (Å²) in [6, 6.07) is 15.8. The second kappa shape index (κ2) is 6.73. The molecular weight excluding hydrogens is 254 g/mol. The van der Waals surface area contributed by atoms with Gasteiger partial charge in [0.05, 0.1) is 19.8 Å². The van der Waals surface area contributed by atoms with Crippen LogP contribution in [0.2, 0.25) is 0 Å². The second-order valence-electron chi connectivity index (χ2n) is 4.35. The number of hydrogen-bond donors (Lipinski definition) is 2. The van der Waals surface area contributed by atoms with Crippen molar-refractivity contribution in [1.82, 2.24) is 5.32 Å². The van der Waals surface area contributed by atoms with Gasteiger partial charge in [-0.2, -0.15) is 0 Å². The highest BCUT2D eigenvalue weighted by atomic mass is 16.5. The van der Waals surface area contributed by atoms with Gasteiger partial charge in [-0.1, -0.05) is 36.4 Å². The van der Waals surface area contributed by atoms with Gasteiger partial charge in [0.2, 0.25) is 0 Å². The summed E-state index contributed by atoms with van der Waals surface area (Å²) >= 11 is 0. The molecule has 2 rings (SSSR count). The summed E-state index contributed by atoms with van der Waals surface area (Å²) in [5, 5.41) is 12.2. The van der Waals surface area contributed by atoms with Crippen molar-refractivity contribution < 1.29 is 14.6 Å².